The van der Waals surface area contributed by atoms with E-state index >= 15 is 0 Å². The molecule has 140 valence electrons. The Kier molecular flexibility index (Phi) is 10.3. The molecule has 0 aliphatic carbocycles. The second-order valence-electron chi connectivity index (χ2n) is 6.67. The minimum absolute atomic E-state index is 0.112. The molecule has 0 amide bonds. The maximum absolute atomic E-state index is 12.0. The van der Waals surface area contributed by atoms with Crippen LogP contribution in [0.5, 0.6) is 0 Å². The second-order valence-corrected chi connectivity index (χ2v) is 8.38. The summed E-state index contributed by atoms with van der Waals surface area (Å²) in [4.78, 5) is 0. The SMILES string of the molecule is CCCCCCCCCCCCS(=O)(=O)OC(C)n1cc[n+](C)c1. The highest BCUT2D eigenvalue weighted by Crippen LogP contribution is 2.14. The highest BCUT2D eigenvalue weighted by atomic mass is 32.2. The van der Waals surface area contributed by atoms with Crippen LogP contribution in [0, 0.1) is 0 Å². The van der Waals surface area contributed by atoms with E-state index in [4.69, 9.17) is 4.18 Å². The maximum atomic E-state index is 12.0. The van der Waals surface area contributed by atoms with Crippen LogP contribution < -0.4 is 4.57 Å². The molecular weight excluding hydrogens is 324 g/mol. The molecule has 0 bridgehead atoms. The van der Waals surface area contributed by atoms with Crippen LogP contribution in [0.25, 0.3) is 0 Å². The van der Waals surface area contributed by atoms with Crippen molar-refractivity contribution >= 4 is 10.1 Å². The summed E-state index contributed by atoms with van der Waals surface area (Å²) in [5.74, 6) is 0.112. The lowest BCUT2D eigenvalue weighted by molar-refractivity contribution is -0.671. The first kappa shape index (κ1) is 21.2. The summed E-state index contributed by atoms with van der Waals surface area (Å²) in [6.45, 7) is 3.98. The molecule has 5 nitrogen and oxygen atoms in total. The fraction of sp³-hybridized carbons (Fsp3) is 0.833. The van der Waals surface area contributed by atoms with Gasteiger partial charge < -0.3 is 0 Å². The number of rotatable bonds is 14. The molecule has 0 aromatic carbocycles. The third-order valence-corrected chi connectivity index (χ3v) is 5.60. The van der Waals surface area contributed by atoms with Crippen LogP contribution in [0.1, 0.15) is 84.3 Å². The number of nitrogens with zero attached hydrogens (tertiary/aromatic N) is 2. The minimum Gasteiger partial charge on any atom is -0.239 e. The molecule has 0 aliphatic heterocycles. The van der Waals surface area contributed by atoms with Crippen molar-refractivity contribution in [3.05, 3.63) is 18.7 Å². The molecule has 0 spiro atoms. The first-order valence-corrected chi connectivity index (χ1v) is 11.0. The molecule has 1 aromatic heterocycles. The van der Waals surface area contributed by atoms with Crippen molar-refractivity contribution in [2.45, 2.75) is 84.3 Å². The smallest absolute Gasteiger partial charge is 0.239 e. The van der Waals surface area contributed by atoms with Gasteiger partial charge in [-0.15, -0.1) is 0 Å². The van der Waals surface area contributed by atoms with Gasteiger partial charge in [0.15, 0.2) is 0 Å². The third kappa shape index (κ3) is 9.42. The number of aromatic nitrogens is 2. The van der Waals surface area contributed by atoms with E-state index in [-0.39, 0.29) is 5.75 Å². The normalized spacial score (nSPS) is 13.3. The Morgan fingerprint density at radius 2 is 1.54 bits per heavy atom. The molecule has 0 aliphatic rings. The average Bonchev–Trinajstić information content (AvgIpc) is 2.95. The van der Waals surface area contributed by atoms with E-state index in [1.807, 2.05) is 17.8 Å². The Morgan fingerprint density at radius 3 is 2.04 bits per heavy atom. The molecule has 1 rings (SSSR count). The second kappa shape index (κ2) is 11.6. The Balaban J connectivity index is 2.09. The standard InChI is InChI=1S/C18H35N2O3S/c1-4-5-6-7-8-9-10-11-12-13-16-24(21,22)23-18(2)20-15-14-19(3)17-20/h14-15,17-18H,4-13,16H2,1-3H3/q+1. The van der Waals surface area contributed by atoms with Crippen molar-refractivity contribution in [1.29, 1.82) is 0 Å². The van der Waals surface area contributed by atoms with Crippen molar-refractivity contribution in [3.8, 4) is 0 Å². The zero-order valence-electron chi connectivity index (χ0n) is 15.6. The van der Waals surface area contributed by atoms with Gasteiger partial charge in [-0.3, -0.25) is 0 Å². The van der Waals surface area contributed by atoms with E-state index in [1.54, 1.807) is 24.0 Å². The molecule has 6 heteroatoms. The van der Waals surface area contributed by atoms with E-state index in [0.29, 0.717) is 6.42 Å². The van der Waals surface area contributed by atoms with Crippen molar-refractivity contribution < 1.29 is 17.2 Å². The Labute approximate surface area is 148 Å². The topological polar surface area (TPSA) is 52.2 Å². The van der Waals surface area contributed by atoms with Crippen molar-refractivity contribution in [2.75, 3.05) is 5.75 Å². The molecule has 0 fully saturated rings. The van der Waals surface area contributed by atoms with Crippen LogP contribution in [0.3, 0.4) is 0 Å². The highest BCUT2D eigenvalue weighted by molar-refractivity contribution is 7.86. The molecule has 1 unspecified atom stereocenters. The number of hydrogen-bond acceptors (Lipinski definition) is 3. The highest BCUT2D eigenvalue weighted by Gasteiger charge is 2.20. The summed E-state index contributed by atoms with van der Waals surface area (Å²) in [5.41, 5.74) is 0. The predicted octanol–water partition coefficient (Wildman–Crippen LogP) is 4.10. The van der Waals surface area contributed by atoms with Gasteiger partial charge in [0.1, 0.15) is 12.4 Å². The average molecular weight is 360 g/mol. The van der Waals surface area contributed by atoms with Crippen LogP contribution >= 0.6 is 0 Å². The molecular formula is C18H35N2O3S+. The van der Waals surface area contributed by atoms with E-state index in [9.17, 15) is 8.42 Å². The predicted molar refractivity (Wildman–Crippen MR) is 97.0 cm³/mol. The van der Waals surface area contributed by atoms with E-state index in [1.165, 1.54) is 44.9 Å². The molecule has 1 atom stereocenters. The molecule has 1 heterocycles. The number of unbranched alkanes of at least 4 members (excludes halogenated alkanes) is 9. The molecule has 1 aromatic rings. The quantitative estimate of drug-likeness (QED) is 0.285. The van der Waals surface area contributed by atoms with Crippen LogP contribution in [0.15, 0.2) is 18.7 Å². The number of hydrogen-bond donors (Lipinski definition) is 0. The first-order chi connectivity index (χ1) is 11.4. The van der Waals surface area contributed by atoms with Crippen molar-refractivity contribution in [2.24, 2.45) is 7.05 Å². The van der Waals surface area contributed by atoms with E-state index < -0.39 is 16.3 Å². The van der Waals surface area contributed by atoms with Gasteiger partial charge in [0.25, 0.3) is 10.1 Å². The molecule has 0 radical (unpaired) electrons. The maximum Gasteiger partial charge on any atom is 0.270 e. The van der Waals surface area contributed by atoms with E-state index in [2.05, 4.69) is 6.92 Å². The monoisotopic (exact) mass is 359 g/mol. The fourth-order valence-electron chi connectivity index (χ4n) is 2.76. The van der Waals surface area contributed by atoms with Gasteiger partial charge in [0.2, 0.25) is 12.6 Å². The van der Waals surface area contributed by atoms with Gasteiger partial charge >= 0.3 is 0 Å². The summed E-state index contributed by atoms with van der Waals surface area (Å²) in [7, 11) is -1.57. The largest absolute Gasteiger partial charge is 0.270 e. The third-order valence-electron chi connectivity index (χ3n) is 4.24. The van der Waals surface area contributed by atoms with Gasteiger partial charge in [-0.05, 0) is 6.42 Å². The van der Waals surface area contributed by atoms with Crippen LogP contribution in [-0.2, 0) is 21.3 Å². The first-order valence-electron chi connectivity index (χ1n) is 9.38. The Morgan fingerprint density at radius 1 is 1.00 bits per heavy atom. The van der Waals surface area contributed by atoms with Gasteiger partial charge in [-0.1, -0.05) is 64.7 Å². The molecule has 24 heavy (non-hydrogen) atoms. The van der Waals surface area contributed by atoms with E-state index in [0.717, 1.165) is 12.8 Å². The van der Waals surface area contributed by atoms with Crippen LogP contribution in [-0.4, -0.2) is 18.7 Å². The Hall–Kier alpha value is -0.880. The number of aryl methyl sites for hydroxylation is 1. The summed E-state index contributed by atoms with van der Waals surface area (Å²) in [6.07, 6.45) is 16.9. The zero-order chi connectivity index (χ0) is 17.8. The van der Waals surface area contributed by atoms with Gasteiger partial charge in [-0.2, -0.15) is 8.42 Å². The van der Waals surface area contributed by atoms with Crippen molar-refractivity contribution in [3.63, 3.8) is 0 Å². The molecule has 0 N–H and O–H groups in total. The van der Waals surface area contributed by atoms with Crippen molar-refractivity contribution in [1.82, 2.24) is 4.57 Å². The van der Waals surface area contributed by atoms with Crippen LogP contribution in [0.4, 0.5) is 0 Å². The lowest BCUT2D eigenvalue weighted by atomic mass is 10.1. The summed E-state index contributed by atoms with van der Waals surface area (Å²) < 4.78 is 32.9. The lowest BCUT2D eigenvalue weighted by Crippen LogP contribution is -2.25. The zero-order valence-corrected chi connectivity index (χ0v) is 16.4. The molecule has 0 saturated heterocycles. The van der Waals surface area contributed by atoms with Gasteiger partial charge in [-0.25, -0.2) is 13.3 Å². The summed E-state index contributed by atoms with van der Waals surface area (Å²) >= 11 is 0. The van der Waals surface area contributed by atoms with Crippen LogP contribution in [0.2, 0.25) is 0 Å². The number of imidazole rings is 1. The lowest BCUT2D eigenvalue weighted by Gasteiger charge is -2.10. The Bertz CT molecular complexity index is 540. The van der Waals surface area contributed by atoms with Gasteiger partial charge in [0, 0.05) is 6.92 Å². The molecule has 0 saturated carbocycles. The van der Waals surface area contributed by atoms with Gasteiger partial charge in [0.05, 0.1) is 12.8 Å². The minimum atomic E-state index is -3.46. The summed E-state index contributed by atoms with van der Waals surface area (Å²) in [6, 6.07) is 0. The fourth-order valence-corrected chi connectivity index (χ4v) is 3.94. The summed E-state index contributed by atoms with van der Waals surface area (Å²) in [5, 5.41) is 0.